The lowest BCUT2D eigenvalue weighted by Crippen LogP contribution is -2.53. The van der Waals surface area contributed by atoms with Crippen molar-refractivity contribution in [1.82, 2.24) is 0 Å². The van der Waals surface area contributed by atoms with E-state index in [1.807, 2.05) is 13.8 Å². The van der Waals surface area contributed by atoms with Gasteiger partial charge in [-0.05, 0) is 116 Å². The molecule has 0 aromatic heterocycles. The Labute approximate surface area is 197 Å². The molecule has 0 spiro atoms. The molecule has 182 valence electrons. The third-order valence-corrected chi connectivity index (χ3v) is 11.6. The van der Waals surface area contributed by atoms with Gasteiger partial charge in [-0.15, -0.1) is 0 Å². The predicted molar refractivity (Wildman–Crippen MR) is 138 cm³/mol. The lowest BCUT2D eigenvalue weighted by molar-refractivity contribution is -0.121. The molecule has 0 radical (unpaired) electrons. The Kier molecular flexibility index (Phi) is 8.68. The molecule has 9 atom stereocenters. The third-order valence-electron chi connectivity index (χ3n) is 11.6. The summed E-state index contributed by atoms with van der Waals surface area (Å²) in [4.78, 5) is 0. The largest absolute Gasteiger partial charge is 0.0683 e. The first-order chi connectivity index (χ1) is 14.8. The van der Waals surface area contributed by atoms with E-state index in [-0.39, 0.29) is 0 Å². The second-order valence-electron chi connectivity index (χ2n) is 13.2. The molecule has 4 rings (SSSR count). The van der Waals surface area contributed by atoms with Gasteiger partial charge >= 0.3 is 0 Å². The van der Waals surface area contributed by atoms with Crippen molar-refractivity contribution in [2.24, 2.45) is 58.2 Å². The second-order valence-corrected chi connectivity index (χ2v) is 13.2. The molecule has 4 aliphatic carbocycles. The molecule has 0 bridgehead atoms. The van der Waals surface area contributed by atoms with E-state index >= 15 is 0 Å². The first kappa shape index (κ1) is 25.6. The minimum absolute atomic E-state index is 0.669. The second kappa shape index (κ2) is 10.5. The van der Waals surface area contributed by atoms with Gasteiger partial charge in [-0.25, -0.2) is 0 Å². The van der Waals surface area contributed by atoms with Gasteiger partial charge in [0.25, 0.3) is 0 Å². The molecule has 0 heteroatoms. The highest BCUT2D eigenvalue weighted by Gasteiger charge is 2.60. The minimum atomic E-state index is 0.669. The number of hydrogen-bond acceptors (Lipinski definition) is 0. The Morgan fingerprint density at radius 1 is 0.774 bits per heavy atom. The van der Waals surface area contributed by atoms with E-state index in [2.05, 4.69) is 41.5 Å². The topological polar surface area (TPSA) is 0 Å². The lowest BCUT2D eigenvalue weighted by Gasteiger charge is -2.61. The summed E-state index contributed by atoms with van der Waals surface area (Å²) >= 11 is 0. The Morgan fingerprint density at radius 2 is 1.45 bits per heavy atom. The van der Waals surface area contributed by atoms with Crippen molar-refractivity contribution in [1.29, 1.82) is 0 Å². The van der Waals surface area contributed by atoms with Crippen LogP contribution in [0.3, 0.4) is 0 Å². The van der Waals surface area contributed by atoms with E-state index in [9.17, 15) is 0 Å². The Balaban J connectivity index is 0.00000132. The molecule has 0 nitrogen and oxygen atoms in total. The van der Waals surface area contributed by atoms with Crippen LogP contribution in [0.1, 0.15) is 139 Å². The summed E-state index contributed by atoms with van der Waals surface area (Å²) in [5, 5.41) is 0. The fourth-order valence-corrected chi connectivity index (χ4v) is 9.74. The summed E-state index contributed by atoms with van der Waals surface area (Å²) < 4.78 is 0. The maximum atomic E-state index is 2.76. The smallest absolute Gasteiger partial charge is 0.0264 e. The summed E-state index contributed by atoms with van der Waals surface area (Å²) in [5.41, 5.74) is 1.36. The van der Waals surface area contributed by atoms with Crippen LogP contribution in [0, 0.1) is 58.2 Å². The maximum absolute atomic E-state index is 2.76. The van der Waals surface area contributed by atoms with E-state index in [0.717, 1.165) is 47.3 Å². The molecule has 31 heavy (non-hydrogen) atoms. The zero-order valence-electron chi connectivity index (χ0n) is 22.8. The SMILES string of the molecule is CC.CCC1CCC2(C)C(CCC3C2CCC2(C)C(C(C)CCCC(C)C)CCC32)C1. The molecule has 0 heterocycles. The number of rotatable bonds is 6. The minimum Gasteiger partial charge on any atom is -0.0683 e. The van der Waals surface area contributed by atoms with E-state index in [1.165, 1.54) is 32.1 Å². The summed E-state index contributed by atoms with van der Waals surface area (Å²) in [6, 6.07) is 0. The Morgan fingerprint density at radius 3 is 2.13 bits per heavy atom. The number of fused-ring (bicyclic) bond motifs is 5. The van der Waals surface area contributed by atoms with E-state index in [1.54, 1.807) is 51.4 Å². The van der Waals surface area contributed by atoms with Gasteiger partial charge in [0.05, 0.1) is 0 Å². The van der Waals surface area contributed by atoms with Crippen molar-refractivity contribution in [3.63, 3.8) is 0 Å². The van der Waals surface area contributed by atoms with Crippen LogP contribution >= 0.6 is 0 Å². The van der Waals surface area contributed by atoms with Gasteiger partial charge in [-0.1, -0.05) is 81.1 Å². The first-order valence-corrected chi connectivity index (χ1v) is 14.8. The number of hydrogen-bond donors (Lipinski definition) is 0. The van der Waals surface area contributed by atoms with Gasteiger partial charge in [-0.2, -0.15) is 0 Å². The summed E-state index contributed by atoms with van der Waals surface area (Å²) in [5.74, 6) is 8.13. The quantitative estimate of drug-likeness (QED) is 0.393. The fourth-order valence-electron chi connectivity index (χ4n) is 9.74. The van der Waals surface area contributed by atoms with Crippen LogP contribution in [0.15, 0.2) is 0 Å². The highest BCUT2D eigenvalue weighted by Crippen LogP contribution is 2.68. The van der Waals surface area contributed by atoms with E-state index in [4.69, 9.17) is 0 Å². The highest BCUT2D eigenvalue weighted by atomic mass is 14.6. The van der Waals surface area contributed by atoms with Crippen molar-refractivity contribution >= 4 is 0 Å². The molecule has 4 saturated carbocycles. The lowest BCUT2D eigenvalue weighted by atomic mass is 9.44. The average Bonchev–Trinajstić information content (AvgIpc) is 3.11. The zero-order valence-corrected chi connectivity index (χ0v) is 22.8. The van der Waals surface area contributed by atoms with Crippen LogP contribution in [-0.4, -0.2) is 0 Å². The molecule has 0 N–H and O–H groups in total. The predicted octanol–water partition coefficient (Wildman–Crippen LogP) is 10.2. The maximum Gasteiger partial charge on any atom is -0.0264 e. The zero-order chi connectivity index (χ0) is 22.8. The Hall–Kier alpha value is 0. The van der Waals surface area contributed by atoms with Crippen LogP contribution in [0.5, 0.6) is 0 Å². The molecule has 4 aliphatic rings. The van der Waals surface area contributed by atoms with Crippen molar-refractivity contribution in [2.75, 3.05) is 0 Å². The molecule has 0 amide bonds. The van der Waals surface area contributed by atoms with Crippen LogP contribution in [0.2, 0.25) is 0 Å². The van der Waals surface area contributed by atoms with Crippen LogP contribution in [-0.2, 0) is 0 Å². The Bertz CT molecular complexity index is 548. The van der Waals surface area contributed by atoms with Crippen molar-refractivity contribution in [3.05, 3.63) is 0 Å². The molecule has 0 aliphatic heterocycles. The third kappa shape index (κ3) is 4.80. The van der Waals surface area contributed by atoms with Gasteiger partial charge in [0.15, 0.2) is 0 Å². The first-order valence-electron chi connectivity index (χ1n) is 14.8. The van der Waals surface area contributed by atoms with Crippen LogP contribution < -0.4 is 0 Å². The molecule has 4 fully saturated rings. The summed E-state index contributed by atoms with van der Waals surface area (Å²) in [6.45, 7) is 19.4. The monoisotopic (exact) mass is 430 g/mol. The highest BCUT2D eigenvalue weighted by molar-refractivity contribution is 5.09. The molecule has 9 unspecified atom stereocenters. The normalized spacial score (nSPS) is 45.2. The summed E-state index contributed by atoms with van der Waals surface area (Å²) in [6.07, 6.45) is 19.8. The van der Waals surface area contributed by atoms with Crippen molar-refractivity contribution < 1.29 is 0 Å². The van der Waals surface area contributed by atoms with Crippen LogP contribution in [0.25, 0.3) is 0 Å². The van der Waals surface area contributed by atoms with E-state index in [0.29, 0.717) is 10.8 Å². The van der Waals surface area contributed by atoms with Crippen LogP contribution in [0.4, 0.5) is 0 Å². The molecular formula is C31H58. The van der Waals surface area contributed by atoms with Gasteiger partial charge < -0.3 is 0 Å². The molecule has 0 aromatic rings. The summed E-state index contributed by atoms with van der Waals surface area (Å²) in [7, 11) is 0. The van der Waals surface area contributed by atoms with Crippen molar-refractivity contribution in [2.45, 2.75) is 139 Å². The molecule has 0 saturated heterocycles. The standard InChI is InChI=1S/C29H52.C2H6/c1-7-22-15-17-28(5)23(19-22)11-12-24-26-14-13-25(21(4)10-8-9-20(2)3)29(26,6)18-16-27(24)28;1-2/h20-27H,7-19H2,1-6H3;1-2H3. The van der Waals surface area contributed by atoms with Gasteiger partial charge in [0.1, 0.15) is 0 Å². The van der Waals surface area contributed by atoms with Gasteiger partial charge in [-0.3, -0.25) is 0 Å². The average molecular weight is 431 g/mol. The molecule has 0 aromatic carbocycles. The van der Waals surface area contributed by atoms with Gasteiger partial charge in [0, 0.05) is 0 Å². The van der Waals surface area contributed by atoms with Crippen molar-refractivity contribution in [3.8, 4) is 0 Å². The van der Waals surface area contributed by atoms with E-state index < -0.39 is 0 Å². The molecular weight excluding hydrogens is 372 g/mol. The fraction of sp³-hybridized carbons (Fsp3) is 1.00. The van der Waals surface area contributed by atoms with Gasteiger partial charge in [0.2, 0.25) is 0 Å².